The van der Waals surface area contributed by atoms with Crippen molar-refractivity contribution < 1.29 is 27.5 Å². The molecule has 9 nitrogen and oxygen atoms in total. The molecule has 0 saturated heterocycles. The lowest BCUT2D eigenvalue weighted by Crippen LogP contribution is -2.33. The van der Waals surface area contributed by atoms with Gasteiger partial charge in [-0.1, -0.05) is 24.2 Å². The number of sulfonamides is 1. The van der Waals surface area contributed by atoms with E-state index >= 15 is 0 Å². The summed E-state index contributed by atoms with van der Waals surface area (Å²) >= 11 is 0.954. The second-order valence-corrected chi connectivity index (χ2v) is 9.16. The van der Waals surface area contributed by atoms with Crippen LogP contribution in [0.3, 0.4) is 0 Å². The van der Waals surface area contributed by atoms with Gasteiger partial charge >= 0.3 is 5.97 Å². The number of esters is 1. The summed E-state index contributed by atoms with van der Waals surface area (Å²) in [6.07, 6.45) is 4.83. The summed E-state index contributed by atoms with van der Waals surface area (Å²) in [4.78, 5) is 28.2. The second-order valence-electron chi connectivity index (χ2n) is 6.44. The van der Waals surface area contributed by atoms with Crippen molar-refractivity contribution in [1.82, 2.24) is 9.71 Å². The van der Waals surface area contributed by atoms with Gasteiger partial charge in [-0.05, 0) is 31.0 Å². The summed E-state index contributed by atoms with van der Waals surface area (Å²) in [5.74, 6) is -0.969. The van der Waals surface area contributed by atoms with E-state index in [1.54, 1.807) is 0 Å². The number of aromatic nitrogens is 1. The van der Waals surface area contributed by atoms with Crippen molar-refractivity contribution in [2.45, 2.75) is 36.6 Å². The molecule has 1 aliphatic carbocycles. The monoisotopic (exact) mass is 439 g/mol. The molecule has 0 spiro atoms. The van der Waals surface area contributed by atoms with E-state index in [1.165, 1.54) is 38.6 Å². The Labute approximate surface area is 172 Å². The van der Waals surface area contributed by atoms with Crippen LogP contribution in [0.1, 0.15) is 45.7 Å². The Hall–Kier alpha value is -2.50. The molecule has 1 heterocycles. The van der Waals surface area contributed by atoms with Gasteiger partial charge in [0.15, 0.2) is 5.13 Å². The Morgan fingerprint density at radius 2 is 1.93 bits per heavy atom. The Bertz CT molecular complexity index is 1010. The van der Waals surface area contributed by atoms with Crippen LogP contribution < -0.4 is 14.8 Å². The van der Waals surface area contributed by atoms with Crippen LogP contribution in [0.5, 0.6) is 5.75 Å². The fourth-order valence-corrected chi connectivity index (χ4v) is 5.28. The third-order valence-corrected chi connectivity index (χ3v) is 6.94. The number of methoxy groups -OCH3 is 2. The summed E-state index contributed by atoms with van der Waals surface area (Å²) in [5.41, 5.74) is 0.118. The van der Waals surface area contributed by atoms with Gasteiger partial charge in [0.2, 0.25) is 10.0 Å². The minimum absolute atomic E-state index is 0.103. The third kappa shape index (κ3) is 4.92. The van der Waals surface area contributed by atoms with E-state index in [9.17, 15) is 18.0 Å². The fraction of sp³-hybridized carbons (Fsp3) is 0.389. The highest BCUT2D eigenvalue weighted by atomic mass is 32.2. The zero-order chi connectivity index (χ0) is 21.0. The number of nitrogens with one attached hydrogen (secondary N) is 2. The number of carbonyl (C=O) groups is 2. The first-order valence-electron chi connectivity index (χ1n) is 8.90. The van der Waals surface area contributed by atoms with Gasteiger partial charge < -0.3 is 9.47 Å². The fourth-order valence-electron chi connectivity index (χ4n) is 3.05. The van der Waals surface area contributed by atoms with E-state index in [0.29, 0.717) is 0 Å². The van der Waals surface area contributed by atoms with Crippen LogP contribution in [0, 0.1) is 0 Å². The normalized spacial score (nSPS) is 14.6. The maximum atomic E-state index is 12.8. The van der Waals surface area contributed by atoms with Crippen molar-refractivity contribution in [3.05, 3.63) is 34.8 Å². The molecule has 156 valence electrons. The minimum Gasteiger partial charge on any atom is -0.495 e. The van der Waals surface area contributed by atoms with Crippen LogP contribution in [-0.4, -0.2) is 45.5 Å². The number of thiazole rings is 1. The predicted octanol–water partition coefficient (Wildman–Crippen LogP) is 2.41. The van der Waals surface area contributed by atoms with E-state index in [0.717, 1.165) is 37.0 Å². The quantitative estimate of drug-likeness (QED) is 0.635. The van der Waals surface area contributed by atoms with Crippen molar-refractivity contribution in [3.8, 4) is 5.75 Å². The second kappa shape index (κ2) is 8.89. The SMILES string of the molecule is COC(=O)c1cnc(NC(=O)c2ccc(OC)c(S(=O)(=O)NC3CCCC3)c2)s1. The van der Waals surface area contributed by atoms with E-state index < -0.39 is 21.9 Å². The Kier molecular flexibility index (Phi) is 6.50. The molecule has 29 heavy (non-hydrogen) atoms. The summed E-state index contributed by atoms with van der Waals surface area (Å²) in [7, 11) is -1.24. The first-order chi connectivity index (χ1) is 13.8. The topological polar surface area (TPSA) is 124 Å². The molecule has 1 fully saturated rings. The van der Waals surface area contributed by atoms with E-state index in [2.05, 4.69) is 19.8 Å². The maximum absolute atomic E-state index is 12.8. The Balaban J connectivity index is 1.82. The molecule has 0 bridgehead atoms. The number of carbonyl (C=O) groups excluding carboxylic acids is 2. The van der Waals surface area contributed by atoms with Gasteiger partial charge in [-0.2, -0.15) is 0 Å². The Morgan fingerprint density at radius 1 is 1.21 bits per heavy atom. The summed E-state index contributed by atoms with van der Waals surface area (Å²) in [5, 5.41) is 2.75. The third-order valence-electron chi connectivity index (χ3n) is 4.51. The molecule has 3 rings (SSSR count). The van der Waals surface area contributed by atoms with Crippen molar-refractivity contribution in [2.24, 2.45) is 0 Å². The van der Waals surface area contributed by atoms with Gasteiger partial charge in [0.25, 0.3) is 5.91 Å². The largest absolute Gasteiger partial charge is 0.495 e. The molecule has 11 heteroatoms. The van der Waals surface area contributed by atoms with Crippen LogP contribution in [0.25, 0.3) is 0 Å². The van der Waals surface area contributed by atoms with E-state index in [1.807, 2.05) is 0 Å². The lowest BCUT2D eigenvalue weighted by molar-refractivity contribution is 0.0606. The first-order valence-corrected chi connectivity index (χ1v) is 11.2. The van der Waals surface area contributed by atoms with Gasteiger partial charge in [0.1, 0.15) is 15.5 Å². The van der Waals surface area contributed by atoms with Crippen LogP contribution in [-0.2, 0) is 14.8 Å². The van der Waals surface area contributed by atoms with Gasteiger partial charge in [0.05, 0.1) is 20.4 Å². The van der Waals surface area contributed by atoms with E-state index in [-0.39, 0.29) is 32.3 Å². The van der Waals surface area contributed by atoms with Crippen molar-refractivity contribution in [3.63, 3.8) is 0 Å². The van der Waals surface area contributed by atoms with Gasteiger partial charge in [-0.15, -0.1) is 0 Å². The molecule has 1 saturated carbocycles. The number of ether oxygens (including phenoxy) is 2. The van der Waals surface area contributed by atoms with Gasteiger partial charge in [-0.25, -0.2) is 22.9 Å². The summed E-state index contributed by atoms with van der Waals surface area (Å²) in [6, 6.07) is 4.03. The molecule has 0 aliphatic heterocycles. The number of hydrogen-bond donors (Lipinski definition) is 2. The van der Waals surface area contributed by atoms with Crippen LogP contribution in [0.15, 0.2) is 29.3 Å². The average molecular weight is 440 g/mol. The van der Waals surface area contributed by atoms with Crippen LogP contribution in [0.2, 0.25) is 0 Å². The number of rotatable bonds is 7. The number of hydrogen-bond acceptors (Lipinski definition) is 8. The van der Waals surface area contributed by atoms with Crippen molar-refractivity contribution >= 4 is 38.4 Å². The highest BCUT2D eigenvalue weighted by Gasteiger charge is 2.27. The van der Waals surface area contributed by atoms with Crippen molar-refractivity contribution in [1.29, 1.82) is 0 Å². The Morgan fingerprint density at radius 3 is 2.59 bits per heavy atom. The molecule has 1 aliphatic rings. The maximum Gasteiger partial charge on any atom is 0.349 e. The van der Waals surface area contributed by atoms with Crippen LogP contribution in [0.4, 0.5) is 5.13 Å². The number of anilines is 1. The predicted molar refractivity (Wildman–Crippen MR) is 107 cm³/mol. The zero-order valence-corrected chi connectivity index (χ0v) is 17.6. The molecule has 0 atom stereocenters. The molecule has 2 N–H and O–H groups in total. The number of amides is 1. The van der Waals surface area contributed by atoms with Crippen LogP contribution >= 0.6 is 11.3 Å². The number of nitrogens with zero attached hydrogens (tertiary/aromatic N) is 1. The molecular formula is C18H21N3O6S2. The molecule has 2 aromatic rings. The van der Waals surface area contributed by atoms with Crippen molar-refractivity contribution in [2.75, 3.05) is 19.5 Å². The summed E-state index contributed by atoms with van der Waals surface area (Å²) in [6.45, 7) is 0. The zero-order valence-electron chi connectivity index (χ0n) is 15.9. The molecule has 1 aromatic carbocycles. The standard InChI is InChI=1S/C18H21N3O6S2/c1-26-13-8-7-11(9-15(13)29(24,25)21-12-5-3-4-6-12)16(22)20-18-19-10-14(28-18)17(23)27-2/h7-10,12,21H,3-6H2,1-2H3,(H,19,20,22). The van der Waals surface area contributed by atoms with Gasteiger partial charge in [0, 0.05) is 11.6 Å². The lowest BCUT2D eigenvalue weighted by atomic mass is 10.2. The molecule has 0 unspecified atom stereocenters. The minimum atomic E-state index is -3.86. The number of benzene rings is 1. The lowest BCUT2D eigenvalue weighted by Gasteiger charge is -2.15. The highest BCUT2D eigenvalue weighted by Crippen LogP contribution is 2.28. The molecule has 1 aromatic heterocycles. The highest BCUT2D eigenvalue weighted by molar-refractivity contribution is 7.89. The molecule has 1 amide bonds. The average Bonchev–Trinajstić information content (AvgIpc) is 3.38. The van der Waals surface area contributed by atoms with E-state index in [4.69, 9.17) is 4.74 Å². The van der Waals surface area contributed by atoms with Gasteiger partial charge in [-0.3, -0.25) is 10.1 Å². The molecular weight excluding hydrogens is 418 g/mol. The first kappa shape index (κ1) is 21.2. The smallest absolute Gasteiger partial charge is 0.349 e. The summed E-state index contributed by atoms with van der Waals surface area (Å²) < 4.78 is 38.1. The molecule has 0 radical (unpaired) electrons.